The van der Waals surface area contributed by atoms with Gasteiger partial charge in [0, 0.05) is 17.7 Å². The number of Topliss-reactive ketones (excluding diaryl/α,β-unsaturated/α-hetero) is 1. The molecule has 1 N–H and O–H groups in total. The van der Waals surface area contributed by atoms with Gasteiger partial charge in [0.1, 0.15) is 5.82 Å². The number of benzene rings is 1. The number of allylic oxidation sites excluding steroid dienone is 2. The molecule has 0 amide bonds. The van der Waals surface area contributed by atoms with Crippen LogP contribution < -0.4 is 5.32 Å². The highest BCUT2D eigenvalue weighted by atomic mass is 32.1. The van der Waals surface area contributed by atoms with Crippen LogP contribution in [0.5, 0.6) is 0 Å². The lowest BCUT2D eigenvalue weighted by atomic mass is 9.62. The number of thiazole rings is 1. The maximum absolute atomic E-state index is 13.3. The molecule has 3 nitrogen and oxygen atoms in total. The van der Waals surface area contributed by atoms with E-state index in [9.17, 15) is 4.79 Å². The zero-order valence-electron chi connectivity index (χ0n) is 15.3. The second kappa shape index (κ2) is 5.53. The molecule has 1 aromatic carbocycles. The number of fused-ring (bicyclic) bond motifs is 1. The fraction of sp³-hybridized carbons (Fsp3) is 0.429. The standard InChI is InChI=1S/C21H24N2OS/c1-5-21(14-8-6-7-13(2)9-14)17-15(10-20(3,4)11-16(17)24)23-19-18(21)25-12-22-19/h6-9,12,23H,5,10-11H2,1-4H3/t21-/m0/s1. The van der Waals surface area contributed by atoms with Gasteiger partial charge >= 0.3 is 0 Å². The lowest BCUT2D eigenvalue weighted by Crippen LogP contribution is -2.43. The molecule has 2 aromatic rings. The van der Waals surface area contributed by atoms with Gasteiger partial charge in [0.15, 0.2) is 5.78 Å². The van der Waals surface area contributed by atoms with Gasteiger partial charge in [0.25, 0.3) is 0 Å². The highest BCUT2D eigenvalue weighted by Gasteiger charge is 2.50. The number of aromatic nitrogens is 1. The average Bonchev–Trinajstić information content (AvgIpc) is 3.00. The summed E-state index contributed by atoms with van der Waals surface area (Å²) >= 11 is 1.66. The summed E-state index contributed by atoms with van der Waals surface area (Å²) in [6.07, 6.45) is 2.35. The number of carbonyl (C=O) groups is 1. The Morgan fingerprint density at radius 1 is 1.28 bits per heavy atom. The van der Waals surface area contributed by atoms with Gasteiger partial charge in [-0.3, -0.25) is 4.79 Å². The van der Waals surface area contributed by atoms with Crippen LogP contribution in [0.4, 0.5) is 5.82 Å². The molecule has 0 radical (unpaired) electrons. The van der Waals surface area contributed by atoms with Crippen LogP contribution >= 0.6 is 11.3 Å². The second-order valence-electron chi connectivity index (χ2n) is 8.08. The number of ketones is 1. The average molecular weight is 353 g/mol. The van der Waals surface area contributed by atoms with Crippen molar-refractivity contribution in [1.29, 1.82) is 0 Å². The van der Waals surface area contributed by atoms with E-state index < -0.39 is 0 Å². The number of nitrogens with one attached hydrogen (secondary N) is 1. The van der Waals surface area contributed by atoms with Crippen molar-refractivity contribution >= 4 is 22.9 Å². The predicted molar refractivity (Wildman–Crippen MR) is 103 cm³/mol. The molecule has 1 aromatic heterocycles. The maximum Gasteiger partial charge on any atom is 0.162 e. The lowest BCUT2D eigenvalue weighted by Gasteiger charge is -2.44. The summed E-state index contributed by atoms with van der Waals surface area (Å²) in [6.45, 7) is 8.65. The fourth-order valence-corrected chi connectivity index (χ4v) is 5.59. The largest absolute Gasteiger partial charge is 0.342 e. The number of carbonyl (C=O) groups excluding carboxylic acids is 1. The van der Waals surface area contributed by atoms with Gasteiger partial charge in [-0.1, -0.05) is 50.6 Å². The number of nitrogens with zero attached hydrogens (tertiary/aromatic N) is 1. The summed E-state index contributed by atoms with van der Waals surface area (Å²) in [4.78, 5) is 19.0. The highest BCUT2D eigenvalue weighted by Crippen LogP contribution is 2.55. The summed E-state index contributed by atoms with van der Waals surface area (Å²) in [5, 5.41) is 3.50. The van der Waals surface area contributed by atoms with Crippen molar-refractivity contribution < 1.29 is 4.79 Å². The Bertz CT molecular complexity index is 893. The van der Waals surface area contributed by atoms with Gasteiger partial charge in [0.2, 0.25) is 0 Å². The van der Waals surface area contributed by atoms with Crippen molar-refractivity contribution in [1.82, 2.24) is 4.98 Å². The molecule has 1 atom stereocenters. The minimum atomic E-state index is -0.378. The van der Waals surface area contributed by atoms with Gasteiger partial charge in [-0.05, 0) is 30.7 Å². The van der Waals surface area contributed by atoms with E-state index in [0.717, 1.165) is 29.9 Å². The van der Waals surface area contributed by atoms with Crippen LogP contribution in [0.3, 0.4) is 0 Å². The third-order valence-electron chi connectivity index (χ3n) is 5.57. The highest BCUT2D eigenvalue weighted by molar-refractivity contribution is 7.10. The van der Waals surface area contributed by atoms with E-state index in [4.69, 9.17) is 0 Å². The molecule has 25 heavy (non-hydrogen) atoms. The summed E-state index contributed by atoms with van der Waals surface area (Å²) in [5.74, 6) is 1.21. The molecule has 4 heteroatoms. The monoisotopic (exact) mass is 352 g/mol. The molecule has 1 aliphatic heterocycles. The molecule has 0 bridgehead atoms. The van der Waals surface area contributed by atoms with Crippen molar-refractivity contribution in [3.8, 4) is 0 Å². The predicted octanol–water partition coefficient (Wildman–Crippen LogP) is 5.22. The lowest BCUT2D eigenvalue weighted by molar-refractivity contribution is -0.118. The van der Waals surface area contributed by atoms with Crippen molar-refractivity contribution in [2.45, 2.75) is 52.4 Å². The first kappa shape index (κ1) is 16.5. The van der Waals surface area contributed by atoms with Gasteiger partial charge in [-0.25, -0.2) is 4.98 Å². The molecule has 4 rings (SSSR count). The summed E-state index contributed by atoms with van der Waals surface area (Å²) < 4.78 is 0. The first-order chi connectivity index (χ1) is 11.9. The molecule has 0 spiro atoms. The number of rotatable bonds is 2. The number of aryl methyl sites for hydroxylation is 1. The molecule has 1 aliphatic carbocycles. The SMILES string of the molecule is CC[C@]1(c2cccc(C)c2)C2=C(CC(C)(C)CC2=O)Nc2ncsc21. The van der Waals surface area contributed by atoms with Crippen LogP contribution in [-0.4, -0.2) is 10.8 Å². The quantitative estimate of drug-likeness (QED) is 0.806. The first-order valence-electron chi connectivity index (χ1n) is 8.92. The van der Waals surface area contributed by atoms with E-state index in [2.05, 4.69) is 62.3 Å². The molecule has 2 heterocycles. The molecular formula is C21H24N2OS. The molecule has 2 aliphatic rings. The van der Waals surface area contributed by atoms with E-state index in [0.29, 0.717) is 6.42 Å². The van der Waals surface area contributed by atoms with Crippen LogP contribution in [0.15, 0.2) is 41.0 Å². The van der Waals surface area contributed by atoms with Crippen LogP contribution in [0.25, 0.3) is 0 Å². The molecule has 0 saturated carbocycles. The Kier molecular flexibility index (Phi) is 3.66. The third kappa shape index (κ3) is 2.38. The Balaban J connectivity index is 2.04. The number of hydrogen-bond donors (Lipinski definition) is 1. The van der Waals surface area contributed by atoms with E-state index in [1.54, 1.807) is 11.3 Å². The topological polar surface area (TPSA) is 42.0 Å². The van der Waals surface area contributed by atoms with E-state index in [-0.39, 0.29) is 16.6 Å². The molecule has 0 saturated heterocycles. The van der Waals surface area contributed by atoms with Crippen molar-refractivity contribution in [2.24, 2.45) is 5.41 Å². The summed E-state index contributed by atoms with van der Waals surface area (Å²) in [6, 6.07) is 8.61. The Labute approximate surface area is 153 Å². The summed E-state index contributed by atoms with van der Waals surface area (Å²) in [5.41, 5.74) is 5.98. The second-order valence-corrected chi connectivity index (χ2v) is 8.93. The van der Waals surface area contributed by atoms with Gasteiger partial charge in [-0.2, -0.15) is 0 Å². The van der Waals surface area contributed by atoms with E-state index in [1.165, 1.54) is 16.0 Å². The number of hydrogen-bond acceptors (Lipinski definition) is 4. The summed E-state index contributed by atoms with van der Waals surface area (Å²) in [7, 11) is 0. The van der Waals surface area contributed by atoms with Crippen molar-refractivity contribution in [3.05, 3.63) is 57.1 Å². The van der Waals surface area contributed by atoms with Crippen LogP contribution in [0.2, 0.25) is 0 Å². The van der Waals surface area contributed by atoms with Crippen LogP contribution in [0, 0.1) is 12.3 Å². The molecular weight excluding hydrogens is 328 g/mol. The molecule has 0 unspecified atom stereocenters. The van der Waals surface area contributed by atoms with Gasteiger partial charge in [0.05, 0.1) is 15.8 Å². The van der Waals surface area contributed by atoms with E-state index in [1.807, 2.05) is 5.51 Å². The zero-order valence-corrected chi connectivity index (χ0v) is 16.1. The van der Waals surface area contributed by atoms with Crippen LogP contribution in [0.1, 0.15) is 56.0 Å². The number of anilines is 1. The Morgan fingerprint density at radius 3 is 2.80 bits per heavy atom. The Hall–Kier alpha value is -1.94. The minimum absolute atomic E-state index is 0.0114. The van der Waals surface area contributed by atoms with Gasteiger partial charge in [-0.15, -0.1) is 11.3 Å². The maximum atomic E-state index is 13.3. The third-order valence-corrected chi connectivity index (χ3v) is 6.56. The van der Waals surface area contributed by atoms with Crippen molar-refractivity contribution in [3.63, 3.8) is 0 Å². The normalized spacial score (nSPS) is 24.6. The zero-order chi connectivity index (χ0) is 17.8. The van der Waals surface area contributed by atoms with Crippen LogP contribution in [-0.2, 0) is 10.2 Å². The fourth-order valence-electron chi connectivity index (χ4n) is 4.54. The van der Waals surface area contributed by atoms with Crippen molar-refractivity contribution in [2.75, 3.05) is 5.32 Å². The smallest absolute Gasteiger partial charge is 0.162 e. The first-order valence-corrected chi connectivity index (χ1v) is 9.80. The Morgan fingerprint density at radius 2 is 2.08 bits per heavy atom. The van der Waals surface area contributed by atoms with E-state index >= 15 is 0 Å². The minimum Gasteiger partial charge on any atom is -0.342 e. The molecule has 0 fully saturated rings. The van der Waals surface area contributed by atoms with Gasteiger partial charge < -0.3 is 5.32 Å². The molecule has 130 valence electrons.